The van der Waals surface area contributed by atoms with Crippen LogP contribution in [-0.4, -0.2) is 15.0 Å². The highest BCUT2D eigenvalue weighted by atomic mass is 35.5. The predicted octanol–water partition coefficient (Wildman–Crippen LogP) is 5.40. The zero-order valence-electron chi connectivity index (χ0n) is 13.9. The first kappa shape index (κ1) is 17.3. The molecule has 0 aliphatic heterocycles. The third kappa shape index (κ3) is 3.58. The van der Waals surface area contributed by atoms with Crippen molar-refractivity contribution in [2.24, 2.45) is 0 Å². The molecule has 0 saturated carbocycles. The summed E-state index contributed by atoms with van der Waals surface area (Å²) in [6.45, 7) is 0. The molecule has 4 rings (SSSR count). The lowest BCUT2D eigenvalue weighted by Crippen LogP contribution is -2.05. The van der Waals surface area contributed by atoms with Crippen molar-refractivity contribution >= 4 is 62.8 Å². The molecule has 0 saturated heterocycles. The molecule has 0 atom stereocenters. The van der Waals surface area contributed by atoms with Crippen LogP contribution in [0.15, 0.2) is 61.1 Å². The standard InChI is InChI=1S/C19H14Cl2N6/c20-13-7-6-12(9-14(13)21)26-18-16(22)19(25-10-24-18)27-15-5-1-3-11-4-2-8-23-17(11)15/h1-10H,22H2,(H2,24,25,26,27). The average Bonchev–Trinajstić information content (AvgIpc) is 2.68. The lowest BCUT2D eigenvalue weighted by Gasteiger charge is -2.13. The van der Waals surface area contributed by atoms with Crippen molar-refractivity contribution in [2.45, 2.75) is 0 Å². The van der Waals surface area contributed by atoms with Crippen molar-refractivity contribution < 1.29 is 0 Å². The van der Waals surface area contributed by atoms with E-state index in [4.69, 9.17) is 28.9 Å². The third-order valence-corrected chi connectivity index (χ3v) is 4.69. The highest BCUT2D eigenvalue weighted by Crippen LogP contribution is 2.32. The summed E-state index contributed by atoms with van der Waals surface area (Å²) in [5.41, 5.74) is 8.98. The van der Waals surface area contributed by atoms with Crippen LogP contribution in [0.5, 0.6) is 0 Å². The van der Waals surface area contributed by atoms with E-state index in [2.05, 4.69) is 25.6 Å². The predicted molar refractivity (Wildman–Crippen MR) is 111 cm³/mol. The van der Waals surface area contributed by atoms with E-state index in [9.17, 15) is 0 Å². The minimum Gasteiger partial charge on any atom is -0.393 e. The molecule has 2 heterocycles. The molecule has 0 bridgehead atoms. The molecular weight excluding hydrogens is 383 g/mol. The lowest BCUT2D eigenvalue weighted by molar-refractivity contribution is 1.17. The Bertz CT molecular complexity index is 1130. The van der Waals surface area contributed by atoms with Gasteiger partial charge in [0.25, 0.3) is 0 Å². The first-order chi connectivity index (χ1) is 13.1. The first-order valence-corrected chi connectivity index (χ1v) is 8.81. The summed E-state index contributed by atoms with van der Waals surface area (Å²) in [4.78, 5) is 12.9. The topological polar surface area (TPSA) is 88.8 Å². The number of para-hydroxylation sites is 1. The number of hydrogen-bond acceptors (Lipinski definition) is 6. The van der Waals surface area contributed by atoms with Crippen LogP contribution < -0.4 is 16.4 Å². The van der Waals surface area contributed by atoms with Gasteiger partial charge in [-0.25, -0.2) is 9.97 Å². The maximum absolute atomic E-state index is 6.26. The molecule has 0 spiro atoms. The van der Waals surface area contributed by atoms with Crippen molar-refractivity contribution in [3.63, 3.8) is 0 Å². The Labute approximate surface area is 165 Å². The molecule has 0 amide bonds. The van der Waals surface area contributed by atoms with Crippen LogP contribution in [0, 0.1) is 0 Å². The molecule has 0 aliphatic rings. The van der Waals surface area contributed by atoms with Gasteiger partial charge in [-0.3, -0.25) is 4.98 Å². The summed E-state index contributed by atoms with van der Waals surface area (Å²) in [5, 5.41) is 8.30. The number of pyridine rings is 1. The number of fused-ring (bicyclic) bond motifs is 1. The lowest BCUT2D eigenvalue weighted by atomic mass is 10.2. The van der Waals surface area contributed by atoms with Crippen molar-refractivity contribution in [2.75, 3.05) is 16.4 Å². The summed E-state index contributed by atoms with van der Waals surface area (Å²) >= 11 is 12.0. The van der Waals surface area contributed by atoms with E-state index in [0.29, 0.717) is 33.1 Å². The molecule has 0 unspecified atom stereocenters. The Kier molecular flexibility index (Phi) is 4.66. The van der Waals surface area contributed by atoms with E-state index in [1.54, 1.807) is 24.4 Å². The van der Waals surface area contributed by atoms with Gasteiger partial charge >= 0.3 is 0 Å². The number of rotatable bonds is 4. The van der Waals surface area contributed by atoms with Gasteiger partial charge in [0.1, 0.15) is 12.0 Å². The molecule has 4 N–H and O–H groups in total. The zero-order valence-corrected chi connectivity index (χ0v) is 15.5. The number of anilines is 5. The van der Waals surface area contributed by atoms with E-state index in [1.165, 1.54) is 6.33 Å². The second kappa shape index (κ2) is 7.26. The molecular formula is C19H14Cl2N6. The molecule has 0 radical (unpaired) electrons. The van der Waals surface area contributed by atoms with Gasteiger partial charge in [-0.1, -0.05) is 41.4 Å². The SMILES string of the molecule is Nc1c(Nc2ccc(Cl)c(Cl)c2)ncnc1Nc1cccc2cccnc12. The summed E-state index contributed by atoms with van der Waals surface area (Å²) in [6.07, 6.45) is 3.17. The fourth-order valence-electron chi connectivity index (χ4n) is 2.64. The number of benzene rings is 2. The van der Waals surface area contributed by atoms with Gasteiger partial charge in [-0.15, -0.1) is 0 Å². The number of nitrogens with one attached hydrogen (secondary N) is 2. The van der Waals surface area contributed by atoms with Gasteiger partial charge in [-0.05, 0) is 30.3 Å². The first-order valence-electron chi connectivity index (χ1n) is 8.05. The molecule has 134 valence electrons. The van der Waals surface area contributed by atoms with E-state index in [1.807, 2.05) is 30.3 Å². The quantitative estimate of drug-likeness (QED) is 0.427. The number of nitrogens with zero attached hydrogens (tertiary/aromatic N) is 3. The number of aromatic nitrogens is 3. The smallest absolute Gasteiger partial charge is 0.159 e. The van der Waals surface area contributed by atoms with Gasteiger partial charge in [0.15, 0.2) is 11.6 Å². The largest absolute Gasteiger partial charge is 0.393 e. The van der Waals surface area contributed by atoms with Crippen molar-refractivity contribution in [3.05, 3.63) is 71.1 Å². The second-order valence-corrected chi connectivity index (χ2v) is 6.56. The molecule has 8 heteroatoms. The summed E-state index contributed by atoms with van der Waals surface area (Å²) in [5.74, 6) is 0.935. The van der Waals surface area contributed by atoms with Crippen LogP contribution in [0.25, 0.3) is 10.9 Å². The Morgan fingerprint density at radius 2 is 1.59 bits per heavy atom. The number of nitrogen functional groups attached to an aromatic ring is 1. The summed E-state index contributed by atoms with van der Waals surface area (Å²) < 4.78 is 0. The van der Waals surface area contributed by atoms with E-state index >= 15 is 0 Å². The monoisotopic (exact) mass is 396 g/mol. The number of hydrogen-bond donors (Lipinski definition) is 3. The summed E-state index contributed by atoms with van der Waals surface area (Å²) in [6, 6.07) is 14.9. The molecule has 6 nitrogen and oxygen atoms in total. The van der Waals surface area contributed by atoms with Crippen molar-refractivity contribution in [1.29, 1.82) is 0 Å². The van der Waals surface area contributed by atoms with Crippen LogP contribution in [-0.2, 0) is 0 Å². The van der Waals surface area contributed by atoms with Crippen LogP contribution in [0.2, 0.25) is 10.0 Å². The molecule has 27 heavy (non-hydrogen) atoms. The normalized spacial score (nSPS) is 10.7. The molecule has 0 aliphatic carbocycles. The minimum atomic E-state index is 0.372. The third-order valence-electron chi connectivity index (χ3n) is 3.95. The van der Waals surface area contributed by atoms with Crippen LogP contribution >= 0.6 is 23.2 Å². The van der Waals surface area contributed by atoms with Crippen LogP contribution in [0.1, 0.15) is 0 Å². The fraction of sp³-hybridized carbons (Fsp3) is 0. The Morgan fingerprint density at radius 3 is 2.41 bits per heavy atom. The Morgan fingerprint density at radius 1 is 0.815 bits per heavy atom. The highest BCUT2D eigenvalue weighted by Gasteiger charge is 2.11. The Balaban J connectivity index is 1.66. The van der Waals surface area contributed by atoms with E-state index < -0.39 is 0 Å². The van der Waals surface area contributed by atoms with Crippen LogP contribution in [0.4, 0.5) is 28.7 Å². The van der Waals surface area contributed by atoms with Gasteiger partial charge in [0.05, 0.1) is 21.2 Å². The molecule has 2 aromatic heterocycles. The minimum absolute atomic E-state index is 0.372. The molecule has 0 fully saturated rings. The van der Waals surface area contributed by atoms with Gasteiger partial charge in [-0.2, -0.15) is 0 Å². The fourth-order valence-corrected chi connectivity index (χ4v) is 2.94. The van der Waals surface area contributed by atoms with Crippen molar-refractivity contribution in [3.8, 4) is 0 Å². The summed E-state index contributed by atoms with van der Waals surface area (Å²) in [7, 11) is 0. The number of nitrogens with two attached hydrogens (primary N) is 1. The molecule has 4 aromatic rings. The maximum Gasteiger partial charge on any atom is 0.159 e. The highest BCUT2D eigenvalue weighted by molar-refractivity contribution is 6.42. The van der Waals surface area contributed by atoms with Crippen LogP contribution in [0.3, 0.4) is 0 Å². The maximum atomic E-state index is 6.26. The number of halogens is 2. The molecule has 2 aromatic carbocycles. The van der Waals surface area contributed by atoms with E-state index in [0.717, 1.165) is 16.6 Å². The van der Waals surface area contributed by atoms with Crippen molar-refractivity contribution in [1.82, 2.24) is 15.0 Å². The zero-order chi connectivity index (χ0) is 18.8. The second-order valence-electron chi connectivity index (χ2n) is 5.74. The van der Waals surface area contributed by atoms with Gasteiger partial charge in [0.2, 0.25) is 0 Å². The van der Waals surface area contributed by atoms with Gasteiger partial charge < -0.3 is 16.4 Å². The van der Waals surface area contributed by atoms with Gasteiger partial charge in [0, 0.05) is 17.3 Å². The van der Waals surface area contributed by atoms with E-state index in [-0.39, 0.29) is 0 Å². The Hall–Kier alpha value is -3.09. The average molecular weight is 397 g/mol.